The molecule has 0 spiro atoms. The molecule has 4 nitrogen and oxygen atoms in total. The molecule has 6 heteroatoms. The van der Waals surface area contributed by atoms with Crippen molar-refractivity contribution in [1.29, 1.82) is 0 Å². The van der Waals surface area contributed by atoms with Crippen LogP contribution in [0.4, 0.5) is 5.69 Å². The number of aromatic nitrogens is 1. The van der Waals surface area contributed by atoms with Gasteiger partial charge < -0.3 is 10.6 Å². The number of carbonyl (C=O) groups is 1. The zero-order valence-electron chi connectivity index (χ0n) is 11.2. The van der Waals surface area contributed by atoms with E-state index in [-0.39, 0.29) is 30.7 Å². The lowest BCUT2D eigenvalue weighted by Gasteiger charge is -2.11. The standard InChI is InChI=1S/C13H19N3O.2ClH/c1-9-5-6-12(10(2)15-9)16-13(17)8-11-4-3-7-14-11;;/h5-6,11,14H,3-4,7-8H2,1-2H3,(H,16,17);2*1H. The molecule has 1 aliphatic heterocycles. The van der Waals surface area contributed by atoms with Gasteiger partial charge in [0, 0.05) is 18.2 Å². The number of hydrogen-bond acceptors (Lipinski definition) is 3. The van der Waals surface area contributed by atoms with Crippen LogP contribution >= 0.6 is 24.8 Å². The first-order chi connectivity index (χ1) is 8.15. The zero-order valence-corrected chi connectivity index (χ0v) is 12.9. The molecule has 1 fully saturated rings. The molecule has 2 rings (SSSR count). The highest BCUT2D eigenvalue weighted by Gasteiger charge is 2.17. The molecule has 1 unspecified atom stereocenters. The Balaban J connectivity index is 0.00000162. The maximum atomic E-state index is 11.8. The SMILES string of the molecule is Cc1ccc(NC(=O)CC2CCCN2)c(C)n1.Cl.Cl. The predicted molar refractivity (Wildman–Crippen MR) is 82.5 cm³/mol. The highest BCUT2D eigenvalue weighted by atomic mass is 35.5. The van der Waals surface area contributed by atoms with Crippen molar-refractivity contribution in [2.24, 2.45) is 0 Å². The molecule has 108 valence electrons. The number of nitrogens with zero attached hydrogens (tertiary/aromatic N) is 1. The Hall–Kier alpha value is -0.840. The van der Waals surface area contributed by atoms with E-state index in [9.17, 15) is 4.79 Å². The molecule has 0 aliphatic carbocycles. The van der Waals surface area contributed by atoms with Crippen LogP contribution in [-0.2, 0) is 4.79 Å². The van der Waals surface area contributed by atoms with Crippen molar-refractivity contribution in [2.75, 3.05) is 11.9 Å². The summed E-state index contributed by atoms with van der Waals surface area (Å²) in [4.78, 5) is 16.2. The second kappa shape index (κ2) is 8.35. The van der Waals surface area contributed by atoms with Crippen molar-refractivity contribution in [3.8, 4) is 0 Å². The van der Waals surface area contributed by atoms with Gasteiger partial charge in [-0.05, 0) is 45.4 Å². The number of amides is 1. The summed E-state index contributed by atoms with van der Waals surface area (Å²) in [6.45, 7) is 4.89. The molecule has 1 aromatic rings. The quantitative estimate of drug-likeness (QED) is 0.902. The van der Waals surface area contributed by atoms with Gasteiger partial charge in [0.05, 0.1) is 11.4 Å². The summed E-state index contributed by atoms with van der Waals surface area (Å²) in [5.41, 5.74) is 2.66. The number of hydrogen-bond donors (Lipinski definition) is 2. The van der Waals surface area contributed by atoms with Crippen LogP contribution in [0.3, 0.4) is 0 Å². The van der Waals surface area contributed by atoms with Gasteiger partial charge in [-0.25, -0.2) is 0 Å². The zero-order chi connectivity index (χ0) is 12.3. The molecule has 19 heavy (non-hydrogen) atoms. The van der Waals surface area contributed by atoms with E-state index in [1.807, 2.05) is 26.0 Å². The van der Waals surface area contributed by atoms with Gasteiger partial charge in [-0.2, -0.15) is 0 Å². The largest absolute Gasteiger partial charge is 0.324 e. The maximum absolute atomic E-state index is 11.8. The number of anilines is 1. The minimum Gasteiger partial charge on any atom is -0.324 e. The highest BCUT2D eigenvalue weighted by Crippen LogP contribution is 2.14. The Morgan fingerprint density at radius 3 is 2.74 bits per heavy atom. The van der Waals surface area contributed by atoms with Crippen LogP contribution in [0.5, 0.6) is 0 Å². The van der Waals surface area contributed by atoms with Crippen LogP contribution in [0.1, 0.15) is 30.7 Å². The molecule has 2 N–H and O–H groups in total. The third-order valence-electron chi connectivity index (χ3n) is 3.09. The van der Waals surface area contributed by atoms with Crippen molar-refractivity contribution in [2.45, 2.75) is 39.2 Å². The normalized spacial score (nSPS) is 17.3. The van der Waals surface area contributed by atoms with Gasteiger partial charge >= 0.3 is 0 Å². The van der Waals surface area contributed by atoms with E-state index in [0.29, 0.717) is 12.5 Å². The molecule has 1 aliphatic rings. The van der Waals surface area contributed by atoms with E-state index in [4.69, 9.17) is 0 Å². The first-order valence-electron chi connectivity index (χ1n) is 6.12. The van der Waals surface area contributed by atoms with E-state index < -0.39 is 0 Å². The summed E-state index contributed by atoms with van der Waals surface area (Å²) < 4.78 is 0. The lowest BCUT2D eigenvalue weighted by Crippen LogP contribution is -2.27. The van der Waals surface area contributed by atoms with Gasteiger partial charge in [0.1, 0.15) is 0 Å². The van der Waals surface area contributed by atoms with Crippen LogP contribution in [-0.4, -0.2) is 23.5 Å². The van der Waals surface area contributed by atoms with E-state index in [1.165, 1.54) is 6.42 Å². The molecule has 2 heterocycles. The Labute approximate surface area is 126 Å². The smallest absolute Gasteiger partial charge is 0.225 e. The third-order valence-corrected chi connectivity index (χ3v) is 3.09. The molecule has 0 bridgehead atoms. The lowest BCUT2D eigenvalue weighted by molar-refractivity contribution is -0.116. The number of halogens is 2. The molecule has 1 saturated heterocycles. The fraction of sp³-hybridized carbons (Fsp3) is 0.538. The van der Waals surface area contributed by atoms with Gasteiger partial charge in [0.2, 0.25) is 5.91 Å². The molecule has 1 amide bonds. The molecular weight excluding hydrogens is 285 g/mol. The molecular formula is C13H21Cl2N3O. The van der Waals surface area contributed by atoms with Gasteiger partial charge in [0.15, 0.2) is 0 Å². The van der Waals surface area contributed by atoms with Crippen molar-refractivity contribution in [3.05, 3.63) is 23.5 Å². The Morgan fingerprint density at radius 1 is 1.42 bits per heavy atom. The average Bonchev–Trinajstić information content (AvgIpc) is 2.75. The van der Waals surface area contributed by atoms with Gasteiger partial charge in [-0.15, -0.1) is 24.8 Å². The van der Waals surface area contributed by atoms with Crippen LogP contribution < -0.4 is 10.6 Å². The Kier molecular flexibility index (Phi) is 7.99. The summed E-state index contributed by atoms with van der Waals surface area (Å²) in [6.07, 6.45) is 2.81. The number of pyridine rings is 1. The van der Waals surface area contributed by atoms with E-state index >= 15 is 0 Å². The van der Waals surface area contributed by atoms with Gasteiger partial charge in [-0.1, -0.05) is 0 Å². The fourth-order valence-electron chi connectivity index (χ4n) is 2.17. The maximum Gasteiger partial charge on any atom is 0.225 e. The molecule has 1 aromatic heterocycles. The number of aryl methyl sites for hydroxylation is 2. The summed E-state index contributed by atoms with van der Waals surface area (Å²) in [6, 6.07) is 4.17. The fourth-order valence-corrected chi connectivity index (χ4v) is 2.17. The van der Waals surface area contributed by atoms with Gasteiger partial charge in [-0.3, -0.25) is 9.78 Å². The molecule has 1 atom stereocenters. The summed E-state index contributed by atoms with van der Waals surface area (Å²) >= 11 is 0. The average molecular weight is 306 g/mol. The Bertz CT molecular complexity index is 420. The number of carbonyl (C=O) groups excluding carboxylic acids is 1. The van der Waals surface area contributed by atoms with E-state index in [2.05, 4.69) is 15.6 Å². The van der Waals surface area contributed by atoms with Crippen molar-refractivity contribution >= 4 is 36.4 Å². The first kappa shape index (κ1) is 18.2. The summed E-state index contributed by atoms with van der Waals surface area (Å²) in [5.74, 6) is 0.0677. The van der Waals surface area contributed by atoms with Crippen molar-refractivity contribution < 1.29 is 4.79 Å². The van der Waals surface area contributed by atoms with Crippen molar-refractivity contribution in [1.82, 2.24) is 10.3 Å². The lowest BCUT2D eigenvalue weighted by atomic mass is 10.1. The molecule has 0 saturated carbocycles. The predicted octanol–water partition coefficient (Wildman–Crippen LogP) is 2.62. The van der Waals surface area contributed by atoms with E-state index in [0.717, 1.165) is 30.0 Å². The van der Waals surface area contributed by atoms with Crippen LogP contribution in [0.2, 0.25) is 0 Å². The van der Waals surface area contributed by atoms with Crippen LogP contribution in [0.25, 0.3) is 0 Å². The highest BCUT2D eigenvalue weighted by molar-refractivity contribution is 5.91. The monoisotopic (exact) mass is 305 g/mol. The first-order valence-corrected chi connectivity index (χ1v) is 6.12. The minimum absolute atomic E-state index is 0. The number of rotatable bonds is 3. The second-order valence-corrected chi connectivity index (χ2v) is 4.63. The van der Waals surface area contributed by atoms with Gasteiger partial charge in [0.25, 0.3) is 0 Å². The van der Waals surface area contributed by atoms with Crippen LogP contribution in [0, 0.1) is 13.8 Å². The van der Waals surface area contributed by atoms with Crippen molar-refractivity contribution in [3.63, 3.8) is 0 Å². The topological polar surface area (TPSA) is 54.0 Å². The molecule has 0 radical (unpaired) electrons. The summed E-state index contributed by atoms with van der Waals surface area (Å²) in [7, 11) is 0. The third kappa shape index (κ3) is 5.35. The molecule has 0 aromatic carbocycles. The van der Waals surface area contributed by atoms with E-state index in [1.54, 1.807) is 0 Å². The van der Waals surface area contributed by atoms with Crippen LogP contribution in [0.15, 0.2) is 12.1 Å². The Morgan fingerprint density at radius 2 is 2.16 bits per heavy atom. The minimum atomic E-state index is 0. The summed E-state index contributed by atoms with van der Waals surface area (Å²) in [5, 5.41) is 6.24. The number of nitrogens with one attached hydrogen (secondary N) is 2. The second-order valence-electron chi connectivity index (χ2n) is 4.63.